The number of anilines is 2. The summed E-state index contributed by atoms with van der Waals surface area (Å²) in [6, 6.07) is 16.4. The van der Waals surface area contributed by atoms with E-state index in [0.717, 1.165) is 11.4 Å². The highest BCUT2D eigenvalue weighted by molar-refractivity contribution is 6.04. The fourth-order valence-electron chi connectivity index (χ4n) is 1.57. The Morgan fingerprint density at radius 1 is 1.00 bits per heavy atom. The fraction of sp³-hybridized carbons (Fsp3) is 0.0714. The van der Waals surface area contributed by atoms with Crippen molar-refractivity contribution in [1.82, 2.24) is 0 Å². The Kier molecular flexibility index (Phi) is 3.94. The maximum atomic E-state index is 12.0. The van der Waals surface area contributed by atoms with Crippen LogP contribution in [-0.4, -0.2) is 13.0 Å². The Balaban J connectivity index is 2.11. The molecule has 0 radical (unpaired) electrons. The average Bonchev–Trinajstić information content (AvgIpc) is 2.40. The quantitative estimate of drug-likeness (QED) is 0.810. The molecule has 4 nitrogen and oxygen atoms in total. The van der Waals surface area contributed by atoms with Crippen LogP contribution in [0.1, 0.15) is 10.4 Å². The lowest BCUT2D eigenvalue weighted by Gasteiger charge is -2.07. The van der Waals surface area contributed by atoms with Gasteiger partial charge >= 0.3 is 0 Å². The molecule has 2 aromatic carbocycles. The SMILES string of the molecule is CONc1cccc(C(=O)Nc2ccccc2)c1. The molecule has 0 aromatic heterocycles. The van der Waals surface area contributed by atoms with Gasteiger partial charge < -0.3 is 5.32 Å². The van der Waals surface area contributed by atoms with E-state index in [0.29, 0.717) is 5.56 Å². The molecule has 0 aliphatic rings. The van der Waals surface area contributed by atoms with Gasteiger partial charge in [-0.2, -0.15) is 0 Å². The predicted molar refractivity (Wildman–Crippen MR) is 71.5 cm³/mol. The molecule has 0 aliphatic heterocycles. The van der Waals surface area contributed by atoms with Crippen LogP contribution in [0.5, 0.6) is 0 Å². The van der Waals surface area contributed by atoms with Crippen molar-refractivity contribution in [3.63, 3.8) is 0 Å². The van der Waals surface area contributed by atoms with Crippen LogP contribution in [0, 0.1) is 0 Å². The molecule has 4 heteroatoms. The molecule has 2 N–H and O–H groups in total. The maximum absolute atomic E-state index is 12.0. The number of hydrogen-bond donors (Lipinski definition) is 2. The Morgan fingerprint density at radius 3 is 2.44 bits per heavy atom. The van der Waals surface area contributed by atoms with E-state index in [9.17, 15) is 4.79 Å². The first-order valence-electron chi connectivity index (χ1n) is 5.55. The third-order valence-corrected chi connectivity index (χ3v) is 2.38. The second kappa shape index (κ2) is 5.84. The summed E-state index contributed by atoms with van der Waals surface area (Å²) in [4.78, 5) is 16.8. The Labute approximate surface area is 106 Å². The van der Waals surface area contributed by atoms with Crippen LogP contribution >= 0.6 is 0 Å². The van der Waals surface area contributed by atoms with E-state index in [2.05, 4.69) is 10.8 Å². The van der Waals surface area contributed by atoms with Gasteiger partial charge in [0.25, 0.3) is 5.91 Å². The number of carbonyl (C=O) groups excluding carboxylic acids is 1. The number of carbonyl (C=O) groups is 1. The summed E-state index contributed by atoms with van der Waals surface area (Å²) in [5.41, 5.74) is 4.76. The Morgan fingerprint density at radius 2 is 1.72 bits per heavy atom. The third-order valence-electron chi connectivity index (χ3n) is 2.38. The number of nitrogens with one attached hydrogen (secondary N) is 2. The van der Waals surface area contributed by atoms with Crippen LogP contribution in [-0.2, 0) is 4.84 Å². The van der Waals surface area contributed by atoms with E-state index < -0.39 is 0 Å². The summed E-state index contributed by atoms with van der Waals surface area (Å²) in [6.45, 7) is 0. The van der Waals surface area contributed by atoms with Gasteiger partial charge in [-0.3, -0.25) is 15.1 Å². The maximum Gasteiger partial charge on any atom is 0.255 e. The van der Waals surface area contributed by atoms with E-state index in [1.54, 1.807) is 18.2 Å². The second-order valence-corrected chi connectivity index (χ2v) is 3.71. The molecular weight excluding hydrogens is 228 g/mol. The lowest BCUT2D eigenvalue weighted by Crippen LogP contribution is -2.12. The molecule has 0 atom stereocenters. The molecule has 0 bridgehead atoms. The van der Waals surface area contributed by atoms with Crippen LogP contribution in [0.3, 0.4) is 0 Å². The average molecular weight is 242 g/mol. The van der Waals surface area contributed by atoms with Gasteiger partial charge in [-0.15, -0.1) is 0 Å². The largest absolute Gasteiger partial charge is 0.322 e. The smallest absolute Gasteiger partial charge is 0.255 e. The molecule has 1 amide bonds. The van der Waals surface area contributed by atoms with Gasteiger partial charge in [-0.1, -0.05) is 24.3 Å². The number of amides is 1. The Hall–Kier alpha value is -2.33. The minimum Gasteiger partial charge on any atom is -0.322 e. The van der Waals surface area contributed by atoms with Crippen LogP contribution in [0.4, 0.5) is 11.4 Å². The van der Waals surface area contributed by atoms with Crippen molar-refractivity contribution < 1.29 is 9.63 Å². The third kappa shape index (κ3) is 3.09. The number of rotatable bonds is 4. The zero-order chi connectivity index (χ0) is 12.8. The van der Waals surface area contributed by atoms with Crippen molar-refractivity contribution in [1.29, 1.82) is 0 Å². The molecule has 0 fully saturated rings. The van der Waals surface area contributed by atoms with Gasteiger partial charge in [0.15, 0.2) is 0 Å². The molecule has 92 valence electrons. The van der Waals surface area contributed by atoms with E-state index in [1.165, 1.54) is 7.11 Å². The van der Waals surface area contributed by atoms with Gasteiger partial charge in [0.05, 0.1) is 12.8 Å². The fourth-order valence-corrected chi connectivity index (χ4v) is 1.57. The summed E-state index contributed by atoms with van der Waals surface area (Å²) < 4.78 is 0. The first kappa shape index (κ1) is 12.1. The van der Waals surface area contributed by atoms with Gasteiger partial charge in [-0.05, 0) is 30.3 Å². The first-order chi connectivity index (χ1) is 8.79. The molecule has 0 spiro atoms. The highest BCUT2D eigenvalue weighted by atomic mass is 16.6. The molecule has 0 heterocycles. The number of hydrogen-bond acceptors (Lipinski definition) is 3. The van der Waals surface area contributed by atoms with E-state index in [1.807, 2.05) is 36.4 Å². The number of para-hydroxylation sites is 1. The highest BCUT2D eigenvalue weighted by Crippen LogP contribution is 2.13. The van der Waals surface area contributed by atoms with Crippen LogP contribution in [0.25, 0.3) is 0 Å². The molecule has 0 aliphatic carbocycles. The van der Waals surface area contributed by atoms with Gasteiger partial charge in [0, 0.05) is 11.3 Å². The van der Waals surface area contributed by atoms with Crippen LogP contribution in [0.15, 0.2) is 54.6 Å². The number of benzene rings is 2. The van der Waals surface area contributed by atoms with Crippen molar-refractivity contribution in [2.45, 2.75) is 0 Å². The summed E-state index contributed by atoms with van der Waals surface area (Å²) in [5, 5.41) is 2.82. The lowest BCUT2D eigenvalue weighted by molar-refractivity contribution is 0.102. The van der Waals surface area contributed by atoms with Crippen molar-refractivity contribution >= 4 is 17.3 Å². The standard InChI is InChI=1S/C14H14N2O2/c1-18-16-13-9-5-6-11(10-13)14(17)15-12-7-3-2-4-8-12/h2-10,16H,1H3,(H,15,17). The zero-order valence-corrected chi connectivity index (χ0v) is 10.0. The predicted octanol–water partition coefficient (Wildman–Crippen LogP) is 2.91. The molecule has 2 aromatic rings. The van der Waals surface area contributed by atoms with Gasteiger partial charge in [-0.25, -0.2) is 0 Å². The van der Waals surface area contributed by atoms with E-state index in [-0.39, 0.29) is 5.91 Å². The summed E-state index contributed by atoms with van der Waals surface area (Å²) in [6.07, 6.45) is 0. The zero-order valence-electron chi connectivity index (χ0n) is 10.0. The van der Waals surface area contributed by atoms with Crippen molar-refractivity contribution in [3.05, 3.63) is 60.2 Å². The first-order valence-corrected chi connectivity index (χ1v) is 5.55. The molecular formula is C14H14N2O2. The van der Waals surface area contributed by atoms with Gasteiger partial charge in [0.2, 0.25) is 0 Å². The molecule has 0 saturated heterocycles. The molecule has 18 heavy (non-hydrogen) atoms. The van der Waals surface area contributed by atoms with Crippen LogP contribution < -0.4 is 10.8 Å². The minimum atomic E-state index is -0.152. The molecule has 0 saturated carbocycles. The second-order valence-electron chi connectivity index (χ2n) is 3.71. The highest BCUT2D eigenvalue weighted by Gasteiger charge is 2.06. The van der Waals surface area contributed by atoms with Gasteiger partial charge in [0.1, 0.15) is 0 Å². The van der Waals surface area contributed by atoms with Crippen molar-refractivity contribution in [3.8, 4) is 0 Å². The monoisotopic (exact) mass is 242 g/mol. The van der Waals surface area contributed by atoms with E-state index >= 15 is 0 Å². The van der Waals surface area contributed by atoms with Crippen molar-refractivity contribution in [2.24, 2.45) is 0 Å². The lowest BCUT2D eigenvalue weighted by atomic mass is 10.2. The topological polar surface area (TPSA) is 50.4 Å². The molecule has 2 rings (SSSR count). The Bertz CT molecular complexity index is 526. The summed E-state index contributed by atoms with van der Waals surface area (Å²) >= 11 is 0. The summed E-state index contributed by atoms with van der Waals surface area (Å²) in [7, 11) is 1.52. The molecule has 0 unspecified atom stereocenters. The van der Waals surface area contributed by atoms with Crippen LogP contribution in [0.2, 0.25) is 0 Å². The minimum absolute atomic E-state index is 0.152. The normalized spacial score (nSPS) is 9.83. The van der Waals surface area contributed by atoms with Crippen molar-refractivity contribution in [2.75, 3.05) is 17.9 Å². The summed E-state index contributed by atoms with van der Waals surface area (Å²) in [5.74, 6) is -0.152. The van der Waals surface area contributed by atoms with E-state index in [4.69, 9.17) is 4.84 Å².